The maximum Gasteiger partial charge on any atom is 0.134 e. The van der Waals surface area contributed by atoms with Crippen molar-refractivity contribution in [3.63, 3.8) is 0 Å². The molecule has 0 radical (unpaired) electrons. The molecule has 1 unspecified atom stereocenters. The molecular weight excluding hydrogens is 131 g/mol. The maximum atomic E-state index is 13.3. The fourth-order valence-electron chi connectivity index (χ4n) is 2.08. The molecule has 2 heteroatoms. The minimum atomic E-state index is -1.21. The van der Waals surface area contributed by atoms with Crippen LogP contribution in [0, 0.1) is 5.41 Å². The Balaban J connectivity index is 2.04. The molecule has 0 bridgehead atoms. The Kier molecular flexibility index (Phi) is 1.14. The molecule has 0 aromatic rings. The molecule has 0 aromatic heterocycles. The van der Waals surface area contributed by atoms with Gasteiger partial charge in [0.2, 0.25) is 0 Å². The zero-order valence-corrected chi connectivity index (χ0v) is 6.07. The van der Waals surface area contributed by atoms with Crippen molar-refractivity contribution in [2.45, 2.75) is 37.8 Å². The van der Waals surface area contributed by atoms with Crippen LogP contribution in [0.1, 0.15) is 32.1 Å². The first-order chi connectivity index (χ1) is 4.68. The summed E-state index contributed by atoms with van der Waals surface area (Å²) >= 11 is 0. The predicted molar refractivity (Wildman–Crippen MR) is 36.4 cm³/mol. The monoisotopic (exact) mass is 144 g/mol. The van der Waals surface area contributed by atoms with E-state index < -0.39 is 5.67 Å². The normalized spacial score (nSPS) is 42.6. The quantitative estimate of drug-likeness (QED) is 0.593. The molecule has 1 N–H and O–H groups in total. The topological polar surface area (TPSA) is 20.2 Å². The van der Waals surface area contributed by atoms with Crippen LogP contribution in [0.4, 0.5) is 4.39 Å². The summed E-state index contributed by atoms with van der Waals surface area (Å²) in [4.78, 5) is 0. The van der Waals surface area contributed by atoms with Crippen LogP contribution in [-0.2, 0) is 0 Å². The van der Waals surface area contributed by atoms with Gasteiger partial charge in [-0.2, -0.15) is 0 Å². The van der Waals surface area contributed by atoms with E-state index in [4.69, 9.17) is 5.11 Å². The lowest BCUT2D eigenvalue weighted by molar-refractivity contribution is 0.0722. The van der Waals surface area contributed by atoms with Crippen molar-refractivity contribution in [1.82, 2.24) is 0 Å². The summed E-state index contributed by atoms with van der Waals surface area (Å²) in [5.41, 5.74) is -0.867. The highest BCUT2D eigenvalue weighted by molar-refractivity contribution is 5.05. The largest absolute Gasteiger partial charge is 0.393 e. The molecule has 58 valence electrons. The SMILES string of the molecule is OCC1(F)CCC2(CC2)C1. The molecule has 1 nitrogen and oxygen atoms in total. The van der Waals surface area contributed by atoms with Crippen LogP contribution in [-0.4, -0.2) is 17.4 Å². The lowest BCUT2D eigenvalue weighted by atomic mass is 10.0. The lowest BCUT2D eigenvalue weighted by Crippen LogP contribution is -2.23. The Morgan fingerprint density at radius 3 is 2.10 bits per heavy atom. The summed E-state index contributed by atoms with van der Waals surface area (Å²) in [6.45, 7) is -0.269. The van der Waals surface area contributed by atoms with Gasteiger partial charge >= 0.3 is 0 Å². The van der Waals surface area contributed by atoms with Crippen LogP contribution in [0.25, 0.3) is 0 Å². The molecule has 2 aliphatic rings. The number of aliphatic hydroxyl groups excluding tert-OH is 1. The van der Waals surface area contributed by atoms with E-state index in [1.165, 1.54) is 12.8 Å². The van der Waals surface area contributed by atoms with E-state index >= 15 is 0 Å². The minimum Gasteiger partial charge on any atom is -0.393 e. The van der Waals surface area contributed by atoms with E-state index in [2.05, 4.69) is 0 Å². The average Bonchev–Trinajstić information content (AvgIpc) is 2.56. The molecular formula is C8H13FO. The number of hydrogen-bond donors (Lipinski definition) is 1. The molecule has 0 heterocycles. The second-order valence-electron chi connectivity index (χ2n) is 3.99. The molecule has 0 saturated heterocycles. The highest BCUT2D eigenvalue weighted by Crippen LogP contribution is 2.61. The fourth-order valence-corrected chi connectivity index (χ4v) is 2.08. The van der Waals surface area contributed by atoms with Crippen LogP contribution in [0.5, 0.6) is 0 Å². The van der Waals surface area contributed by atoms with Gasteiger partial charge in [-0.1, -0.05) is 0 Å². The molecule has 0 aromatic carbocycles. The van der Waals surface area contributed by atoms with Gasteiger partial charge in [-0.25, -0.2) is 4.39 Å². The minimum absolute atomic E-state index is 0.269. The van der Waals surface area contributed by atoms with Crippen molar-refractivity contribution in [3.05, 3.63) is 0 Å². The van der Waals surface area contributed by atoms with E-state index in [1.54, 1.807) is 0 Å². The molecule has 1 atom stereocenters. The third-order valence-electron chi connectivity index (χ3n) is 3.04. The van der Waals surface area contributed by atoms with Crippen LogP contribution in [0.15, 0.2) is 0 Å². The number of hydrogen-bond acceptors (Lipinski definition) is 1. The van der Waals surface area contributed by atoms with Crippen molar-refractivity contribution in [2.24, 2.45) is 5.41 Å². The molecule has 2 fully saturated rings. The van der Waals surface area contributed by atoms with Crippen molar-refractivity contribution < 1.29 is 9.50 Å². The molecule has 10 heavy (non-hydrogen) atoms. The highest BCUT2D eigenvalue weighted by Gasteiger charge is 2.54. The van der Waals surface area contributed by atoms with Crippen molar-refractivity contribution >= 4 is 0 Å². The Labute approximate surface area is 60.2 Å². The summed E-state index contributed by atoms with van der Waals surface area (Å²) in [5, 5.41) is 8.71. The van der Waals surface area contributed by atoms with Crippen LogP contribution in [0.2, 0.25) is 0 Å². The molecule has 0 amide bonds. The summed E-state index contributed by atoms with van der Waals surface area (Å²) in [7, 11) is 0. The molecule has 2 saturated carbocycles. The first kappa shape index (κ1) is 6.59. The standard InChI is InChI=1S/C8H13FO/c9-8(6-10)4-3-7(5-8)1-2-7/h10H,1-6H2. The Morgan fingerprint density at radius 2 is 1.80 bits per heavy atom. The number of rotatable bonds is 1. The van der Waals surface area contributed by atoms with Gasteiger partial charge in [0.1, 0.15) is 5.67 Å². The first-order valence-corrected chi connectivity index (χ1v) is 3.98. The summed E-state index contributed by atoms with van der Waals surface area (Å²) in [5.74, 6) is 0. The fraction of sp³-hybridized carbons (Fsp3) is 1.00. The highest BCUT2D eigenvalue weighted by atomic mass is 19.1. The van der Waals surface area contributed by atoms with Crippen molar-refractivity contribution in [2.75, 3.05) is 6.61 Å². The van der Waals surface area contributed by atoms with E-state index in [0.29, 0.717) is 18.3 Å². The lowest BCUT2D eigenvalue weighted by Gasteiger charge is -2.15. The van der Waals surface area contributed by atoms with E-state index in [0.717, 1.165) is 6.42 Å². The van der Waals surface area contributed by atoms with Crippen LogP contribution >= 0.6 is 0 Å². The van der Waals surface area contributed by atoms with Gasteiger partial charge in [0, 0.05) is 0 Å². The van der Waals surface area contributed by atoms with Gasteiger partial charge in [0.25, 0.3) is 0 Å². The Morgan fingerprint density at radius 1 is 1.20 bits per heavy atom. The van der Waals surface area contributed by atoms with E-state index in [9.17, 15) is 4.39 Å². The smallest absolute Gasteiger partial charge is 0.134 e. The van der Waals surface area contributed by atoms with Crippen LogP contribution < -0.4 is 0 Å². The Hall–Kier alpha value is -0.110. The van der Waals surface area contributed by atoms with Crippen molar-refractivity contribution in [1.29, 1.82) is 0 Å². The first-order valence-electron chi connectivity index (χ1n) is 3.98. The third-order valence-corrected chi connectivity index (χ3v) is 3.04. The molecule has 0 aliphatic heterocycles. The number of halogens is 1. The average molecular weight is 144 g/mol. The molecule has 2 rings (SSSR count). The van der Waals surface area contributed by atoms with Gasteiger partial charge in [-0.05, 0) is 37.5 Å². The number of aliphatic hydroxyl groups is 1. The Bertz CT molecular complexity index is 153. The third kappa shape index (κ3) is 0.858. The van der Waals surface area contributed by atoms with Gasteiger partial charge < -0.3 is 5.11 Å². The zero-order chi connectivity index (χ0) is 7.24. The summed E-state index contributed by atoms with van der Waals surface area (Å²) in [6, 6.07) is 0. The second-order valence-corrected chi connectivity index (χ2v) is 3.99. The van der Waals surface area contributed by atoms with E-state index in [-0.39, 0.29) is 6.61 Å². The van der Waals surface area contributed by atoms with Crippen LogP contribution in [0.3, 0.4) is 0 Å². The second kappa shape index (κ2) is 1.73. The van der Waals surface area contributed by atoms with Crippen molar-refractivity contribution in [3.8, 4) is 0 Å². The summed E-state index contributed by atoms with van der Waals surface area (Å²) < 4.78 is 13.3. The van der Waals surface area contributed by atoms with Gasteiger partial charge in [0.05, 0.1) is 6.61 Å². The van der Waals surface area contributed by atoms with E-state index in [1.807, 2.05) is 0 Å². The van der Waals surface area contributed by atoms with Gasteiger partial charge in [-0.3, -0.25) is 0 Å². The zero-order valence-electron chi connectivity index (χ0n) is 6.07. The predicted octanol–water partition coefficient (Wildman–Crippen LogP) is 1.65. The van der Waals surface area contributed by atoms with Gasteiger partial charge in [0.15, 0.2) is 0 Å². The molecule has 2 aliphatic carbocycles. The maximum absolute atomic E-state index is 13.3. The summed E-state index contributed by atoms with van der Waals surface area (Å²) in [6.07, 6.45) is 4.60. The molecule has 1 spiro atoms. The number of alkyl halides is 1. The van der Waals surface area contributed by atoms with Gasteiger partial charge in [-0.15, -0.1) is 0 Å².